The second-order valence-electron chi connectivity index (χ2n) is 7.08. The predicted molar refractivity (Wildman–Crippen MR) is 100.0 cm³/mol. The van der Waals surface area contributed by atoms with Gasteiger partial charge in [-0.2, -0.15) is 0 Å². The third kappa shape index (κ3) is 3.49. The molecule has 0 unspecified atom stereocenters. The average molecular weight is 340 g/mol. The fourth-order valence-corrected chi connectivity index (χ4v) is 3.52. The van der Waals surface area contributed by atoms with Gasteiger partial charge in [-0.3, -0.25) is 4.79 Å². The molecule has 3 rings (SSSR count). The van der Waals surface area contributed by atoms with Crippen molar-refractivity contribution in [2.75, 3.05) is 6.61 Å². The molecule has 0 fully saturated rings. The topological polar surface area (TPSA) is 43.4 Å². The van der Waals surface area contributed by atoms with Crippen LogP contribution in [-0.2, 0) is 4.74 Å². The summed E-state index contributed by atoms with van der Waals surface area (Å²) in [6.45, 7) is 6.69. The van der Waals surface area contributed by atoms with Crippen LogP contribution in [0, 0.1) is 5.41 Å². The molecule has 0 saturated carbocycles. The first-order valence-corrected chi connectivity index (χ1v) is 8.79. The highest BCUT2D eigenvalue weighted by atomic mass is 32.1. The van der Waals surface area contributed by atoms with Gasteiger partial charge in [-0.15, -0.1) is 11.3 Å². The Bertz CT molecular complexity index is 964. The van der Waals surface area contributed by atoms with E-state index in [4.69, 9.17) is 4.74 Å². The van der Waals surface area contributed by atoms with E-state index in [1.165, 1.54) is 0 Å². The summed E-state index contributed by atoms with van der Waals surface area (Å²) in [5.41, 5.74) is 0.506. The predicted octanol–water partition coefficient (Wildman–Crippen LogP) is 5.01. The molecule has 3 aromatic rings. The van der Waals surface area contributed by atoms with Gasteiger partial charge in [0.05, 0.1) is 12.2 Å². The van der Waals surface area contributed by atoms with Crippen molar-refractivity contribution in [1.82, 2.24) is 0 Å². The van der Waals surface area contributed by atoms with Gasteiger partial charge >= 0.3 is 5.97 Å². The fourth-order valence-electron chi connectivity index (χ4n) is 2.46. The van der Waals surface area contributed by atoms with Crippen LogP contribution in [0.15, 0.2) is 47.3 Å². The molecular weight excluding hydrogens is 320 g/mol. The van der Waals surface area contributed by atoms with E-state index in [9.17, 15) is 9.59 Å². The van der Waals surface area contributed by atoms with E-state index in [0.29, 0.717) is 22.9 Å². The van der Waals surface area contributed by atoms with Crippen LogP contribution in [0.5, 0.6) is 0 Å². The van der Waals surface area contributed by atoms with Crippen LogP contribution in [0.4, 0.5) is 0 Å². The van der Waals surface area contributed by atoms with E-state index in [-0.39, 0.29) is 16.8 Å². The van der Waals surface area contributed by atoms with E-state index in [1.807, 2.05) is 30.3 Å². The molecule has 0 amide bonds. The van der Waals surface area contributed by atoms with Crippen molar-refractivity contribution < 1.29 is 9.53 Å². The average Bonchev–Trinajstić information content (AvgIpc) is 2.53. The van der Waals surface area contributed by atoms with Crippen molar-refractivity contribution in [2.45, 2.75) is 27.2 Å². The summed E-state index contributed by atoms with van der Waals surface area (Å²) in [7, 11) is 0. The Hall–Kier alpha value is -2.20. The third-order valence-corrected chi connectivity index (χ3v) is 5.05. The summed E-state index contributed by atoms with van der Waals surface area (Å²) >= 11 is 1.55. The first-order valence-electron chi connectivity index (χ1n) is 7.98. The van der Waals surface area contributed by atoms with Crippen molar-refractivity contribution in [3.63, 3.8) is 0 Å². The number of fused-ring (bicyclic) bond motifs is 2. The lowest BCUT2D eigenvalue weighted by Crippen LogP contribution is -2.13. The molecule has 0 N–H and O–H groups in total. The van der Waals surface area contributed by atoms with Crippen LogP contribution >= 0.6 is 11.3 Å². The van der Waals surface area contributed by atoms with Gasteiger partial charge in [-0.1, -0.05) is 32.9 Å². The van der Waals surface area contributed by atoms with Crippen LogP contribution in [0.1, 0.15) is 37.6 Å². The SMILES string of the molecule is CC(C)(C)CCOC(=O)c1ccc2sc3ccccc3c(=O)c2c1. The van der Waals surface area contributed by atoms with Gasteiger partial charge in [0.1, 0.15) is 0 Å². The summed E-state index contributed by atoms with van der Waals surface area (Å²) in [6, 6.07) is 12.7. The lowest BCUT2D eigenvalue weighted by molar-refractivity contribution is 0.0465. The minimum Gasteiger partial charge on any atom is -0.462 e. The zero-order valence-corrected chi connectivity index (χ0v) is 14.9. The summed E-state index contributed by atoms with van der Waals surface area (Å²) in [6.07, 6.45) is 0.797. The van der Waals surface area contributed by atoms with Crippen molar-refractivity contribution in [3.8, 4) is 0 Å². The molecule has 0 radical (unpaired) electrons. The van der Waals surface area contributed by atoms with Gasteiger partial charge in [0.25, 0.3) is 0 Å². The second-order valence-corrected chi connectivity index (χ2v) is 8.17. The van der Waals surface area contributed by atoms with Crippen molar-refractivity contribution >= 4 is 37.5 Å². The number of benzene rings is 2. The molecule has 2 aromatic carbocycles. The van der Waals surface area contributed by atoms with Gasteiger partial charge < -0.3 is 4.74 Å². The molecular formula is C20H20O3S. The van der Waals surface area contributed by atoms with Gasteiger partial charge in [0.15, 0.2) is 5.43 Å². The monoisotopic (exact) mass is 340 g/mol. The molecule has 0 spiro atoms. The summed E-state index contributed by atoms with van der Waals surface area (Å²) in [5.74, 6) is -0.376. The number of carbonyl (C=O) groups excluding carboxylic acids is 1. The third-order valence-electron chi connectivity index (χ3n) is 3.90. The maximum atomic E-state index is 12.7. The zero-order valence-electron chi connectivity index (χ0n) is 14.1. The van der Waals surface area contributed by atoms with Crippen LogP contribution in [0.25, 0.3) is 20.2 Å². The Kier molecular flexibility index (Phi) is 4.41. The van der Waals surface area contributed by atoms with Crippen LogP contribution < -0.4 is 5.43 Å². The number of esters is 1. The fraction of sp³-hybridized carbons (Fsp3) is 0.300. The molecule has 124 valence electrons. The zero-order chi connectivity index (χ0) is 17.3. The molecule has 0 aliphatic rings. The normalized spacial score (nSPS) is 11.8. The molecule has 0 aliphatic carbocycles. The lowest BCUT2D eigenvalue weighted by Gasteiger charge is -2.17. The van der Waals surface area contributed by atoms with E-state index >= 15 is 0 Å². The summed E-state index contributed by atoms with van der Waals surface area (Å²) < 4.78 is 7.18. The van der Waals surface area contributed by atoms with Crippen molar-refractivity contribution in [1.29, 1.82) is 0 Å². The van der Waals surface area contributed by atoms with Crippen molar-refractivity contribution in [3.05, 3.63) is 58.3 Å². The van der Waals surface area contributed by atoms with E-state index in [0.717, 1.165) is 15.8 Å². The Morgan fingerprint density at radius 2 is 1.75 bits per heavy atom. The van der Waals surface area contributed by atoms with E-state index in [2.05, 4.69) is 20.8 Å². The number of carbonyl (C=O) groups is 1. The number of rotatable bonds is 3. The molecule has 24 heavy (non-hydrogen) atoms. The van der Waals surface area contributed by atoms with Gasteiger partial charge in [0.2, 0.25) is 0 Å². The maximum absolute atomic E-state index is 12.7. The molecule has 0 saturated heterocycles. The molecule has 4 heteroatoms. The van der Waals surface area contributed by atoms with E-state index in [1.54, 1.807) is 23.5 Å². The van der Waals surface area contributed by atoms with Crippen molar-refractivity contribution in [2.24, 2.45) is 5.41 Å². The first-order chi connectivity index (χ1) is 11.3. The highest BCUT2D eigenvalue weighted by Crippen LogP contribution is 2.25. The molecule has 0 bridgehead atoms. The van der Waals surface area contributed by atoms with Crippen LogP contribution in [0.2, 0.25) is 0 Å². The minimum atomic E-state index is -0.376. The largest absolute Gasteiger partial charge is 0.462 e. The van der Waals surface area contributed by atoms with Gasteiger partial charge in [0, 0.05) is 20.2 Å². The lowest BCUT2D eigenvalue weighted by atomic mass is 9.93. The summed E-state index contributed by atoms with van der Waals surface area (Å²) in [5, 5.41) is 1.26. The Balaban J connectivity index is 1.93. The molecule has 1 aromatic heterocycles. The summed E-state index contributed by atoms with van der Waals surface area (Å²) in [4.78, 5) is 24.9. The quantitative estimate of drug-likeness (QED) is 0.497. The highest BCUT2D eigenvalue weighted by Gasteiger charge is 2.14. The molecule has 0 atom stereocenters. The van der Waals surface area contributed by atoms with Crippen LogP contribution in [0.3, 0.4) is 0 Å². The number of hydrogen-bond donors (Lipinski definition) is 0. The minimum absolute atomic E-state index is 0.0382. The molecule has 1 heterocycles. The number of ether oxygens (including phenoxy) is 1. The molecule has 3 nitrogen and oxygen atoms in total. The Morgan fingerprint density at radius 3 is 2.50 bits per heavy atom. The number of hydrogen-bond acceptors (Lipinski definition) is 4. The van der Waals surface area contributed by atoms with Gasteiger partial charge in [-0.25, -0.2) is 4.79 Å². The standard InChI is InChI=1S/C20H20O3S/c1-20(2,3)10-11-23-19(22)13-8-9-17-15(12-13)18(21)14-6-4-5-7-16(14)24-17/h4-9,12H,10-11H2,1-3H3. The second kappa shape index (κ2) is 6.36. The smallest absolute Gasteiger partial charge is 0.338 e. The van der Waals surface area contributed by atoms with Gasteiger partial charge in [-0.05, 0) is 42.2 Å². The first kappa shape index (κ1) is 16.7. The van der Waals surface area contributed by atoms with Crippen LogP contribution in [-0.4, -0.2) is 12.6 Å². The highest BCUT2D eigenvalue weighted by molar-refractivity contribution is 7.24. The van der Waals surface area contributed by atoms with E-state index < -0.39 is 0 Å². The molecule has 0 aliphatic heterocycles. The Morgan fingerprint density at radius 1 is 1.04 bits per heavy atom. The maximum Gasteiger partial charge on any atom is 0.338 e. The Labute approximate surface area is 144 Å².